The molecule has 0 bridgehead atoms. The Kier molecular flexibility index (Phi) is 5.21. The molecule has 1 heterocycles. The number of carbonyl (C=O) groups excluding carboxylic acids is 2. The van der Waals surface area contributed by atoms with Gasteiger partial charge < -0.3 is 14.5 Å². The largest absolute Gasteiger partial charge is 0.457 e. The molecular formula is C18H21NO4. The van der Waals surface area contributed by atoms with Gasteiger partial charge in [0.25, 0.3) is 5.91 Å². The number of amides is 1. The fourth-order valence-corrected chi connectivity index (χ4v) is 2.23. The van der Waals surface area contributed by atoms with E-state index in [0.717, 1.165) is 16.8 Å². The lowest BCUT2D eigenvalue weighted by Crippen LogP contribution is -2.30. The number of hydrogen-bond donors (Lipinski definition) is 1. The summed E-state index contributed by atoms with van der Waals surface area (Å²) in [5.41, 5.74) is 2.78. The molecule has 2 aromatic rings. The van der Waals surface area contributed by atoms with Crippen molar-refractivity contribution in [2.45, 2.75) is 39.7 Å². The van der Waals surface area contributed by atoms with Crippen molar-refractivity contribution in [1.29, 1.82) is 0 Å². The molecule has 0 unspecified atom stereocenters. The first-order chi connectivity index (χ1) is 10.9. The van der Waals surface area contributed by atoms with Crippen LogP contribution in [-0.2, 0) is 9.53 Å². The van der Waals surface area contributed by atoms with Crippen molar-refractivity contribution in [3.63, 3.8) is 0 Å². The number of esters is 1. The van der Waals surface area contributed by atoms with Gasteiger partial charge in [0.1, 0.15) is 0 Å². The fourth-order valence-electron chi connectivity index (χ4n) is 2.23. The summed E-state index contributed by atoms with van der Waals surface area (Å²) in [5, 5.41) is 2.86. The summed E-state index contributed by atoms with van der Waals surface area (Å²) in [7, 11) is 0. The van der Waals surface area contributed by atoms with Gasteiger partial charge in [-0.3, -0.25) is 4.79 Å². The molecule has 1 aromatic carbocycles. The first-order valence-electron chi connectivity index (χ1n) is 7.55. The van der Waals surface area contributed by atoms with Crippen LogP contribution in [0, 0.1) is 6.92 Å². The minimum Gasteiger partial charge on any atom is -0.457 e. The van der Waals surface area contributed by atoms with Gasteiger partial charge in [0, 0.05) is 5.69 Å². The molecule has 0 saturated carbocycles. The minimum atomic E-state index is -0.924. The molecule has 1 N–H and O–H groups in total. The molecule has 1 aromatic heterocycles. The average molecular weight is 315 g/mol. The average Bonchev–Trinajstić information content (AvgIpc) is 3.03. The number of hydrogen-bond acceptors (Lipinski definition) is 4. The molecular weight excluding hydrogens is 294 g/mol. The van der Waals surface area contributed by atoms with Crippen molar-refractivity contribution in [2.75, 3.05) is 5.32 Å². The van der Waals surface area contributed by atoms with Crippen LogP contribution in [-0.4, -0.2) is 18.0 Å². The van der Waals surface area contributed by atoms with Crippen molar-refractivity contribution in [3.05, 3.63) is 53.5 Å². The summed E-state index contributed by atoms with van der Waals surface area (Å²) in [4.78, 5) is 24.1. The Labute approximate surface area is 135 Å². The van der Waals surface area contributed by atoms with E-state index in [1.807, 2.05) is 25.1 Å². The van der Waals surface area contributed by atoms with Gasteiger partial charge in [0.2, 0.25) is 5.76 Å². The second-order valence-electron chi connectivity index (χ2n) is 5.71. The Morgan fingerprint density at radius 2 is 1.87 bits per heavy atom. The zero-order chi connectivity index (χ0) is 17.0. The van der Waals surface area contributed by atoms with Gasteiger partial charge in [-0.25, -0.2) is 4.79 Å². The van der Waals surface area contributed by atoms with Gasteiger partial charge in [0.15, 0.2) is 6.10 Å². The maximum absolute atomic E-state index is 12.3. The molecule has 122 valence electrons. The van der Waals surface area contributed by atoms with Crippen LogP contribution in [0.3, 0.4) is 0 Å². The zero-order valence-electron chi connectivity index (χ0n) is 13.8. The number of ether oxygens (including phenoxy) is 1. The van der Waals surface area contributed by atoms with E-state index in [4.69, 9.17) is 9.15 Å². The number of carbonyl (C=O) groups is 2. The number of aryl methyl sites for hydroxylation is 1. The quantitative estimate of drug-likeness (QED) is 0.850. The van der Waals surface area contributed by atoms with Crippen molar-refractivity contribution < 1.29 is 18.7 Å². The SMILES string of the molecule is Cc1cccc(C(C)C)c1NC(=O)[C@@H](C)OC(=O)c1ccco1. The molecule has 0 spiro atoms. The van der Waals surface area contributed by atoms with E-state index in [1.165, 1.54) is 19.3 Å². The van der Waals surface area contributed by atoms with Crippen LogP contribution in [0.2, 0.25) is 0 Å². The van der Waals surface area contributed by atoms with E-state index in [1.54, 1.807) is 6.07 Å². The maximum Gasteiger partial charge on any atom is 0.374 e. The Bertz CT molecular complexity index is 689. The summed E-state index contributed by atoms with van der Waals surface area (Å²) < 4.78 is 10.1. The standard InChI is InChI=1S/C18H21NO4/c1-11(2)14-8-5-7-12(3)16(14)19-17(20)13(4)23-18(21)15-9-6-10-22-15/h5-11,13H,1-4H3,(H,19,20)/t13-/m1/s1. The Morgan fingerprint density at radius 1 is 1.13 bits per heavy atom. The Morgan fingerprint density at radius 3 is 2.48 bits per heavy atom. The highest BCUT2D eigenvalue weighted by Crippen LogP contribution is 2.27. The third kappa shape index (κ3) is 4.00. The molecule has 1 atom stereocenters. The zero-order valence-corrected chi connectivity index (χ0v) is 13.8. The predicted octanol–water partition coefficient (Wildman–Crippen LogP) is 3.90. The van der Waals surface area contributed by atoms with E-state index in [9.17, 15) is 9.59 Å². The molecule has 0 saturated heterocycles. The second kappa shape index (κ2) is 7.13. The monoisotopic (exact) mass is 315 g/mol. The van der Waals surface area contributed by atoms with Crippen LogP contribution in [0.4, 0.5) is 5.69 Å². The third-order valence-corrected chi connectivity index (χ3v) is 3.55. The van der Waals surface area contributed by atoms with Crippen LogP contribution in [0.25, 0.3) is 0 Å². The smallest absolute Gasteiger partial charge is 0.374 e. The van der Waals surface area contributed by atoms with Crippen molar-refractivity contribution in [2.24, 2.45) is 0 Å². The highest BCUT2D eigenvalue weighted by atomic mass is 16.6. The van der Waals surface area contributed by atoms with Gasteiger partial charge in [0.05, 0.1) is 6.26 Å². The highest BCUT2D eigenvalue weighted by molar-refractivity contribution is 5.97. The molecule has 0 aliphatic heterocycles. The summed E-state index contributed by atoms with van der Waals surface area (Å²) in [5.74, 6) is -0.692. The first-order valence-corrected chi connectivity index (χ1v) is 7.55. The van der Waals surface area contributed by atoms with Crippen LogP contribution in [0.5, 0.6) is 0 Å². The number of anilines is 1. The minimum absolute atomic E-state index is 0.0726. The van der Waals surface area contributed by atoms with Crippen molar-refractivity contribution in [1.82, 2.24) is 0 Å². The third-order valence-electron chi connectivity index (χ3n) is 3.55. The van der Waals surface area contributed by atoms with Crippen LogP contribution >= 0.6 is 0 Å². The normalized spacial score (nSPS) is 12.0. The van der Waals surface area contributed by atoms with Gasteiger partial charge in [-0.05, 0) is 43.0 Å². The Balaban J connectivity index is 2.08. The van der Waals surface area contributed by atoms with E-state index in [2.05, 4.69) is 19.2 Å². The van der Waals surface area contributed by atoms with E-state index in [0.29, 0.717) is 0 Å². The van der Waals surface area contributed by atoms with Crippen LogP contribution < -0.4 is 5.32 Å². The van der Waals surface area contributed by atoms with Gasteiger partial charge in [-0.15, -0.1) is 0 Å². The molecule has 5 nitrogen and oxygen atoms in total. The molecule has 1 amide bonds. The number of benzene rings is 1. The molecule has 0 aliphatic rings. The van der Waals surface area contributed by atoms with Crippen molar-refractivity contribution >= 4 is 17.6 Å². The van der Waals surface area contributed by atoms with Crippen molar-refractivity contribution in [3.8, 4) is 0 Å². The molecule has 23 heavy (non-hydrogen) atoms. The van der Waals surface area contributed by atoms with Crippen LogP contribution in [0.1, 0.15) is 48.4 Å². The predicted molar refractivity (Wildman–Crippen MR) is 87.5 cm³/mol. The lowest BCUT2D eigenvalue weighted by atomic mass is 9.98. The fraction of sp³-hybridized carbons (Fsp3) is 0.333. The lowest BCUT2D eigenvalue weighted by molar-refractivity contribution is -0.123. The van der Waals surface area contributed by atoms with E-state index < -0.39 is 12.1 Å². The Hall–Kier alpha value is -2.56. The molecule has 2 rings (SSSR count). The number of nitrogens with one attached hydrogen (secondary N) is 1. The number of rotatable bonds is 5. The topological polar surface area (TPSA) is 68.5 Å². The molecule has 5 heteroatoms. The van der Waals surface area contributed by atoms with Gasteiger partial charge in [-0.1, -0.05) is 32.0 Å². The summed E-state index contributed by atoms with van der Waals surface area (Å²) in [6, 6.07) is 8.95. The van der Waals surface area contributed by atoms with E-state index in [-0.39, 0.29) is 17.6 Å². The molecule has 0 aliphatic carbocycles. The first kappa shape index (κ1) is 16.8. The molecule has 0 fully saturated rings. The van der Waals surface area contributed by atoms with Gasteiger partial charge >= 0.3 is 5.97 Å². The highest BCUT2D eigenvalue weighted by Gasteiger charge is 2.22. The maximum atomic E-state index is 12.3. The summed E-state index contributed by atoms with van der Waals surface area (Å²) >= 11 is 0. The summed E-state index contributed by atoms with van der Waals surface area (Å²) in [6.45, 7) is 7.58. The van der Waals surface area contributed by atoms with E-state index >= 15 is 0 Å². The second-order valence-corrected chi connectivity index (χ2v) is 5.71. The number of para-hydroxylation sites is 1. The molecule has 0 radical (unpaired) electrons. The lowest BCUT2D eigenvalue weighted by Gasteiger charge is -2.18. The van der Waals surface area contributed by atoms with Gasteiger partial charge in [-0.2, -0.15) is 0 Å². The summed E-state index contributed by atoms with van der Waals surface area (Å²) in [6.07, 6.45) is 0.455. The van der Waals surface area contributed by atoms with Crippen LogP contribution in [0.15, 0.2) is 41.0 Å². The number of furan rings is 1.